The summed E-state index contributed by atoms with van der Waals surface area (Å²) in [5.41, 5.74) is 5.12. The first-order valence-electron chi connectivity index (χ1n) is 10.0. The number of hydrogen-bond acceptors (Lipinski definition) is 4. The Labute approximate surface area is 189 Å². The lowest BCUT2D eigenvalue weighted by Crippen LogP contribution is -2.29. The maximum atomic E-state index is 13.5. The Morgan fingerprint density at radius 2 is 1.72 bits per heavy atom. The number of carboxylic acid groups (broad SMARTS) is 1. The zero-order chi connectivity index (χ0) is 22.4. The predicted molar refractivity (Wildman–Crippen MR) is 120 cm³/mol. The number of halogens is 1. The number of nitrogens with zero attached hydrogens (tertiary/aromatic N) is 2. The van der Waals surface area contributed by atoms with Crippen LogP contribution in [0.25, 0.3) is 11.3 Å². The molecule has 158 valence electrons. The van der Waals surface area contributed by atoms with Gasteiger partial charge in [-0.3, -0.25) is 14.8 Å². The highest BCUT2D eigenvalue weighted by Crippen LogP contribution is 2.46. The van der Waals surface area contributed by atoms with Crippen LogP contribution in [0.2, 0.25) is 5.02 Å². The van der Waals surface area contributed by atoms with Crippen LogP contribution in [0.5, 0.6) is 0 Å². The summed E-state index contributed by atoms with van der Waals surface area (Å²) in [6.07, 6.45) is 0. The van der Waals surface area contributed by atoms with Crippen molar-refractivity contribution in [3.05, 3.63) is 106 Å². The van der Waals surface area contributed by atoms with Gasteiger partial charge in [0.25, 0.3) is 5.91 Å². The fourth-order valence-electron chi connectivity index (χ4n) is 4.09. The highest BCUT2D eigenvalue weighted by Gasteiger charge is 2.43. The summed E-state index contributed by atoms with van der Waals surface area (Å²) >= 11 is 6.57. The van der Waals surface area contributed by atoms with E-state index in [1.165, 1.54) is 12.1 Å². The molecule has 5 rings (SSSR count). The van der Waals surface area contributed by atoms with Crippen LogP contribution in [0.4, 0.5) is 5.69 Å². The Hall–Kier alpha value is -3.90. The molecule has 32 heavy (non-hydrogen) atoms. The molecule has 0 saturated heterocycles. The van der Waals surface area contributed by atoms with Gasteiger partial charge in [-0.2, -0.15) is 5.10 Å². The van der Waals surface area contributed by atoms with Crippen molar-refractivity contribution in [2.75, 3.05) is 4.90 Å². The zero-order valence-corrected chi connectivity index (χ0v) is 17.8. The van der Waals surface area contributed by atoms with Crippen LogP contribution in [0.1, 0.15) is 43.6 Å². The number of H-pyrrole nitrogens is 1. The zero-order valence-electron chi connectivity index (χ0n) is 17.0. The number of anilines is 1. The van der Waals surface area contributed by atoms with Crippen LogP contribution < -0.4 is 10.0 Å². The van der Waals surface area contributed by atoms with Gasteiger partial charge < -0.3 is 9.90 Å². The molecule has 6 nitrogen and oxygen atoms in total. The van der Waals surface area contributed by atoms with Crippen LogP contribution in [-0.2, 0) is 0 Å². The first-order chi connectivity index (χ1) is 15.5. The second-order valence-corrected chi connectivity index (χ2v) is 8.07. The maximum Gasteiger partial charge on any atom is 0.277 e. The van der Waals surface area contributed by atoms with E-state index in [1.807, 2.05) is 49.4 Å². The summed E-state index contributed by atoms with van der Waals surface area (Å²) in [4.78, 5) is 26.3. The fourth-order valence-corrected chi connectivity index (χ4v) is 4.33. The van der Waals surface area contributed by atoms with Crippen molar-refractivity contribution < 1.29 is 14.7 Å². The van der Waals surface area contributed by atoms with Crippen molar-refractivity contribution in [2.45, 2.75) is 13.0 Å². The molecule has 0 aliphatic carbocycles. The summed E-state index contributed by atoms with van der Waals surface area (Å²) in [6, 6.07) is 20.8. The normalized spacial score (nSPS) is 15.1. The number of nitrogens with one attached hydrogen (secondary N) is 1. The summed E-state index contributed by atoms with van der Waals surface area (Å²) < 4.78 is 0. The summed E-state index contributed by atoms with van der Waals surface area (Å²) in [6.45, 7) is 2.01. The van der Waals surface area contributed by atoms with E-state index in [4.69, 9.17) is 11.6 Å². The minimum atomic E-state index is -1.27. The molecule has 3 aromatic carbocycles. The highest BCUT2D eigenvalue weighted by atomic mass is 35.5. The van der Waals surface area contributed by atoms with Gasteiger partial charge in [-0.25, -0.2) is 0 Å². The molecule has 0 fully saturated rings. The van der Waals surface area contributed by atoms with Gasteiger partial charge in [0.2, 0.25) is 0 Å². The topological polar surface area (TPSA) is 89.1 Å². The molecule has 1 aliphatic heterocycles. The molecular formula is C25H17ClN3O3-. The number of fused-ring (bicyclic) bond motifs is 1. The molecule has 0 saturated carbocycles. The number of aromatic amines is 1. The average molecular weight is 443 g/mol. The number of carbonyl (C=O) groups is 2. The lowest BCUT2D eigenvalue weighted by molar-refractivity contribution is -0.255. The Morgan fingerprint density at radius 3 is 2.38 bits per heavy atom. The SMILES string of the molecule is Cc1ccc(-c2n[nH]c3c2C(c2ccccc2Cl)N(c2ccc(C(=O)[O-])cc2)C3=O)cc1. The molecular weight excluding hydrogens is 426 g/mol. The van der Waals surface area contributed by atoms with Gasteiger partial charge in [-0.15, -0.1) is 0 Å². The number of rotatable bonds is 4. The number of amides is 1. The monoisotopic (exact) mass is 442 g/mol. The number of benzene rings is 3. The van der Waals surface area contributed by atoms with Crippen molar-refractivity contribution in [1.82, 2.24) is 10.2 Å². The van der Waals surface area contributed by atoms with E-state index in [0.717, 1.165) is 22.3 Å². The minimum Gasteiger partial charge on any atom is -0.545 e. The quantitative estimate of drug-likeness (QED) is 0.514. The van der Waals surface area contributed by atoms with Gasteiger partial charge in [0.15, 0.2) is 0 Å². The molecule has 7 heteroatoms. The van der Waals surface area contributed by atoms with E-state index in [9.17, 15) is 14.7 Å². The summed E-state index contributed by atoms with van der Waals surface area (Å²) in [5, 5.41) is 19.1. The van der Waals surface area contributed by atoms with Crippen molar-refractivity contribution >= 4 is 29.2 Å². The van der Waals surface area contributed by atoms with Gasteiger partial charge in [-0.05, 0) is 36.2 Å². The minimum absolute atomic E-state index is 0.0372. The molecule has 1 unspecified atom stereocenters. The molecule has 2 heterocycles. The largest absolute Gasteiger partial charge is 0.545 e. The number of carbonyl (C=O) groups excluding carboxylic acids is 2. The summed E-state index contributed by atoms with van der Waals surface area (Å²) in [7, 11) is 0. The van der Waals surface area contributed by atoms with E-state index < -0.39 is 12.0 Å². The standard InChI is InChI=1S/C25H18ClN3O3/c1-14-6-8-15(9-7-14)21-20-22(28-27-21)24(30)29(17-12-10-16(11-13-17)25(31)32)23(20)18-4-2-3-5-19(18)26/h2-13,23H,1H3,(H,27,28)(H,31,32)/p-1. The van der Waals surface area contributed by atoms with Gasteiger partial charge in [0.1, 0.15) is 5.69 Å². The predicted octanol–water partition coefficient (Wildman–Crippen LogP) is 4.15. The van der Waals surface area contributed by atoms with E-state index in [-0.39, 0.29) is 11.5 Å². The fraction of sp³-hybridized carbons (Fsp3) is 0.0800. The molecule has 1 N–H and O–H groups in total. The van der Waals surface area contributed by atoms with Crippen LogP contribution in [-0.4, -0.2) is 22.1 Å². The van der Waals surface area contributed by atoms with E-state index in [2.05, 4.69) is 10.2 Å². The number of aryl methyl sites for hydroxylation is 1. The molecule has 1 aliphatic rings. The Balaban J connectivity index is 1.71. The smallest absolute Gasteiger partial charge is 0.277 e. The van der Waals surface area contributed by atoms with Gasteiger partial charge >= 0.3 is 0 Å². The number of carboxylic acids is 1. The lowest BCUT2D eigenvalue weighted by atomic mass is 9.95. The molecule has 1 atom stereocenters. The first-order valence-corrected chi connectivity index (χ1v) is 10.4. The number of hydrogen-bond donors (Lipinski definition) is 1. The molecule has 4 aromatic rings. The van der Waals surface area contributed by atoms with E-state index in [1.54, 1.807) is 23.1 Å². The van der Waals surface area contributed by atoms with E-state index >= 15 is 0 Å². The van der Waals surface area contributed by atoms with Gasteiger partial charge in [0, 0.05) is 21.8 Å². The van der Waals surface area contributed by atoms with Gasteiger partial charge in [0.05, 0.1) is 17.7 Å². The third-order valence-corrected chi connectivity index (χ3v) is 6.02. The van der Waals surface area contributed by atoms with E-state index in [0.29, 0.717) is 22.1 Å². The first kappa shape index (κ1) is 20.0. The third-order valence-electron chi connectivity index (χ3n) is 5.67. The van der Waals surface area contributed by atoms with Crippen LogP contribution >= 0.6 is 11.6 Å². The number of aromatic carboxylic acids is 1. The third kappa shape index (κ3) is 3.16. The lowest BCUT2D eigenvalue weighted by Gasteiger charge is -2.27. The van der Waals surface area contributed by atoms with Crippen LogP contribution in [0, 0.1) is 6.92 Å². The molecule has 0 spiro atoms. The number of aromatic nitrogens is 2. The summed E-state index contributed by atoms with van der Waals surface area (Å²) in [5.74, 6) is -1.54. The Kier molecular flexibility index (Phi) is 4.79. The highest BCUT2D eigenvalue weighted by molar-refractivity contribution is 6.31. The molecule has 0 radical (unpaired) electrons. The van der Waals surface area contributed by atoms with Crippen molar-refractivity contribution in [1.29, 1.82) is 0 Å². The second-order valence-electron chi connectivity index (χ2n) is 7.66. The van der Waals surface area contributed by atoms with Crippen molar-refractivity contribution in [3.63, 3.8) is 0 Å². The maximum absolute atomic E-state index is 13.5. The van der Waals surface area contributed by atoms with Gasteiger partial charge in [-0.1, -0.05) is 71.8 Å². The Bertz CT molecular complexity index is 1340. The second kappa shape index (κ2) is 7.66. The Morgan fingerprint density at radius 1 is 1.03 bits per heavy atom. The molecule has 1 amide bonds. The van der Waals surface area contributed by atoms with Crippen LogP contribution in [0.15, 0.2) is 72.8 Å². The average Bonchev–Trinajstić information content (AvgIpc) is 3.34. The van der Waals surface area contributed by atoms with Crippen molar-refractivity contribution in [2.24, 2.45) is 0 Å². The molecule has 0 bridgehead atoms. The van der Waals surface area contributed by atoms with Crippen molar-refractivity contribution in [3.8, 4) is 11.3 Å². The molecule has 1 aromatic heterocycles. The van der Waals surface area contributed by atoms with Crippen LogP contribution in [0.3, 0.4) is 0 Å².